The molecule has 234 valence electrons. The van der Waals surface area contributed by atoms with Crippen LogP contribution in [0.15, 0.2) is 0 Å². The molecule has 16 unspecified atom stereocenters. The van der Waals surface area contributed by atoms with Gasteiger partial charge in [0.25, 0.3) is 0 Å². The van der Waals surface area contributed by atoms with Gasteiger partial charge in [-0.1, -0.05) is 6.92 Å². The first-order chi connectivity index (χ1) is 18.9. The molecule has 0 spiro atoms. The molecular weight excluding hydrogens is 538 g/mol. The van der Waals surface area contributed by atoms with Crippen LogP contribution in [-0.2, 0) is 23.7 Å². The number of quaternary nitrogens is 4. The van der Waals surface area contributed by atoms with Crippen LogP contribution in [-0.4, -0.2) is 153 Å². The molecule has 3 aliphatic rings. The van der Waals surface area contributed by atoms with Crippen molar-refractivity contribution in [2.75, 3.05) is 19.7 Å². The lowest BCUT2D eigenvalue weighted by Gasteiger charge is -2.47. The smallest absolute Gasteiger partial charge is 0.249 e. The molecule has 0 aromatic heterocycles. The summed E-state index contributed by atoms with van der Waals surface area (Å²) >= 11 is 0. The average molecular weight is 588 g/mol. The van der Waals surface area contributed by atoms with E-state index in [1.54, 1.807) is 6.92 Å². The first kappa shape index (κ1) is 33.4. The van der Waals surface area contributed by atoms with Crippen LogP contribution in [0.25, 0.3) is 0 Å². The minimum absolute atomic E-state index is 0.100. The van der Waals surface area contributed by atoms with Crippen molar-refractivity contribution in [3.63, 3.8) is 0 Å². The molecule has 40 heavy (non-hydrogen) atoms. The van der Waals surface area contributed by atoms with E-state index in [1.807, 2.05) is 0 Å². The zero-order valence-electron chi connectivity index (χ0n) is 22.8. The minimum Gasteiger partial charge on any atom is -0.394 e. The van der Waals surface area contributed by atoms with Crippen LogP contribution >= 0.6 is 0 Å². The Balaban J connectivity index is 1.85. The number of aliphatic hydroxyl groups excluding tert-OH is 7. The molecule has 1 amide bonds. The van der Waals surface area contributed by atoms with Crippen molar-refractivity contribution in [1.29, 1.82) is 0 Å². The van der Waals surface area contributed by atoms with Crippen molar-refractivity contribution in [3.05, 3.63) is 0 Å². The van der Waals surface area contributed by atoms with Crippen molar-refractivity contribution < 1.29 is 82.4 Å². The average Bonchev–Trinajstić information content (AvgIpc) is 2.92. The second kappa shape index (κ2) is 14.4. The molecule has 17 heteroatoms. The Labute approximate surface area is 231 Å². The van der Waals surface area contributed by atoms with E-state index in [-0.39, 0.29) is 19.4 Å². The van der Waals surface area contributed by atoms with Gasteiger partial charge >= 0.3 is 0 Å². The SMILES string of the molecule is CC1C(OC2C([NH3+])CC(NC(=O)C(O)CC[NH3+])C(OC3OC(CO)C(O)C([NH3+])C3O)C2O)OC(C[NH3+])C(O)C1O. The molecule has 2 saturated heterocycles. The van der Waals surface area contributed by atoms with Gasteiger partial charge < -0.3 is 82.9 Å². The predicted molar refractivity (Wildman–Crippen MR) is 129 cm³/mol. The summed E-state index contributed by atoms with van der Waals surface area (Å²) in [4.78, 5) is 12.7. The van der Waals surface area contributed by atoms with E-state index in [0.717, 1.165) is 0 Å². The Kier molecular flexibility index (Phi) is 12.0. The number of rotatable bonds is 10. The summed E-state index contributed by atoms with van der Waals surface area (Å²) < 4.78 is 23.5. The van der Waals surface area contributed by atoms with Gasteiger partial charge in [0.1, 0.15) is 67.5 Å². The van der Waals surface area contributed by atoms with Crippen LogP contribution in [0.3, 0.4) is 0 Å². The molecule has 0 radical (unpaired) electrons. The van der Waals surface area contributed by atoms with Crippen molar-refractivity contribution in [3.8, 4) is 0 Å². The van der Waals surface area contributed by atoms with Crippen LogP contribution in [0.5, 0.6) is 0 Å². The van der Waals surface area contributed by atoms with Gasteiger partial charge in [0.05, 0.1) is 25.3 Å². The van der Waals surface area contributed by atoms with Crippen molar-refractivity contribution in [1.82, 2.24) is 5.32 Å². The molecule has 2 heterocycles. The van der Waals surface area contributed by atoms with E-state index < -0.39 is 110 Å². The number of hydrogen-bond donors (Lipinski definition) is 12. The molecule has 3 rings (SSSR count). The summed E-state index contributed by atoms with van der Waals surface area (Å²) in [7, 11) is 0. The van der Waals surface area contributed by atoms with E-state index in [1.165, 1.54) is 0 Å². The quantitative estimate of drug-likeness (QED) is 0.113. The molecule has 0 bridgehead atoms. The highest BCUT2D eigenvalue weighted by Crippen LogP contribution is 2.33. The summed E-state index contributed by atoms with van der Waals surface area (Å²) in [6, 6.07) is -2.57. The molecule has 17 nitrogen and oxygen atoms in total. The predicted octanol–water partition coefficient (Wildman–Crippen LogP) is -10.0. The molecule has 0 aromatic carbocycles. The Morgan fingerprint density at radius 2 is 1.55 bits per heavy atom. The Bertz CT molecular complexity index is 814. The van der Waals surface area contributed by atoms with E-state index in [4.69, 9.17) is 18.9 Å². The van der Waals surface area contributed by atoms with Gasteiger partial charge in [-0.15, -0.1) is 0 Å². The van der Waals surface area contributed by atoms with Gasteiger partial charge in [0.15, 0.2) is 18.7 Å². The largest absolute Gasteiger partial charge is 0.394 e. The third kappa shape index (κ3) is 7.08. The minimum atomic E-state index is -1.50. The fourth-order valence-corrected chi connectivity index (χ4v) is 5.46. The highest BCUT2D eigenvalue weighted by atomic mass is 16.7. The number of carbonyl (C=O) groups excluding carboxylic acids is 1. The van der Waals surface area contributed by atoms with Crippen LogP contribution in [0.4, 0.5) is 0 Å². The van der Waals surface area contributed by atoms with Gasteiger partial charge in [-0.3, -0.25) is 4.79 Å². The van der Waals surface area contributed by atoms with Crippen molar-refractivity contribution in [2.45, 2.75) is 112 Å². The lowest BCUT2D eigenvalue weighted by molar-refractivity contribution is -0.494. The first-order valence-electron chi connectivity index (χ1n) is 13.7. The highest BCUT2D eigenvalue weighted by Gasteiger charge is 2.54. The molecule has 0 aromatic rings. The first-order valence-corrected chi connectivity index (χ1v) is 13.7. The van der Waals surface area contributed by atoms with Gasteiger partial charge in [-0.2, -0.15) is 0 Å². The summed E-state index contributed by atoms with van der Waals surface area (Å²) in [5, 5.41) is 75.7. The monoisotopic (exact) mass is 587 g/mol. The standard InChI is InChI=1S/C23H45N5O12/c1-7-14(31)16(33)11(5-25)37-22(7)39-19-8(26)4-9(28-21(36)10(30)2-3-24)20(18(19)35)40-23-17(34)13(27)15(32)12(6-29)38-23/h7-20,22-23,29-35H,2-6,24-27H2,1H3,(H,28,36)/p+4. The van der Waals surface area contributed by atoms with E-state index in [9.17, 15) is 40.5 Å². The maximum Gasteiger partial charge on any atom is 0.249 e. The van der Waals surface area contributed by atoms with Crippen LogP contribution < -0.4 is 28.3 Å². The fourth-order valence-electron chi connectivity index (χ4n) is 5.46. The molecule has 1 aliphatic carbocycles. The Morgan fingerprint density at radius 3 is 2.15 bits per heavy atom. The number of hydrogen-bond acceptors (Lipinski definition) is 12. The Morgan fingerprint density at radius 1 is 0.925 bits per heavy atom. The third-order valence-corrected chi connectivity index (χ3v) is 8.10. The highest BCUT2D eigenvalue weighted by molar-refractivity contribution is 5.80. The Hall–Kier alpha value is -1.13. The normalized spacial score (nSPS) is 47.0. The van der Waals surface area contributed by atoms with Crippen LogP contribution in [0, 0.1) is 5.92 Å². The maximum absolute atomic E-state index is 12.7. The third-order valence-electron chi connectivity index (χ3n) is 8.10. The van der Waals surface area contributed by atoms with Gasteiger partial charge in [0, 0.05) is 18.8 Å². The summed E-state index contributed by atoms with van der Waals surface area (Å²) in [5.74, 6) is -1.40. The van der Waals surface area contributed by atoms with E-state index in [0.29, 0.717) is 6.54 Å². The molecular formula is C23H49N5O12+4. The summed E-state index contributed by atoms with van der Waals surface area (Å²) in [5.41, 5.74) is 15.2. The second-order valence-corrected chi connectivity index (χ2v) is 11.0. The molecule has 2 aliphatic heterocycles. The molecule has 16 atom stereocenters. The number of ether oxygens (including phenoxy) is 4. The number of carbonyl (C=O) groups is 1. The number of aliphatic hydroxyl groups is 7. The lowest BCUT2D eigenvalue weighted by Crippen LogP contribution is -2.80. The fraction of sp³-hybridized carbons (Fsp3) is 0.957. The van der Waals surface area contributed by atoms with Crippen LogP contribution in [0.1, 0.15) is 19.8 Å². The van der Waals surface area contributed by atoms with Crippen LogP contribution in [0.2, 0.25) is 0 Å². The van der Waals surface area contributed by atoms with Gasteiger partial charge in [-0.25, -0.2) is 0 Å². The number of nitrogens with one attached hydrogen (secondary N) is 1. The van der Waals surface area contributed by atoms with E-state index >= 15 is 0 Å². The van der Waals surface area contributed by atoms with Gasteiger partial charge in [-0.05, 0) is 0 Å². The molecule has 20 N–H and O–H groups in total. The second-order valence-electron chi connectivity index (χ2n) is 11.0. The summed E-state index contributed by atoms with van der Waals surface area (Å²) in [6.07, 6.45) is -14.5. The van der Waals surface area contributed by atoms with Gasteiger partial charge in [0.2, 0.25) is 5.91 Å². The zero-order valence-corrected chi connectivity index (χ0v) is 22.8. The topological polar surface area (TPSA) is 318 Å². The number of amides is 1. The van der Waals surface area contributed by atoms with Crippen molar-refractivity contribution in [2.24, 2.45) is 5.92 Å². The summed E-state index contributed by atoms with van der Waals surface area (Å²) in [6.45, 7) is 1.49. The lowest BCUT2D eigenvalue weighted by atomic mass is 9.83. The zero-order chi connectivity index (χ0) is 29.9. The molecule has 1 saturated carbocycles. The molecule has 3 fully saturated rings. The van der Waals surface area contributed by atoms with E-state index in [2.05, 4.69) is 28.3 Å². The van der Waals surface area contributed by atoms with Crippen molar-refractivity contribution >= 4 is 5.91 Å². The maximum atomic E-state index is 12.7.